The van der Waals surface area contributed by atoms with Crippen LogP contribution >= 0.6 is 0 Å². The molecular weight excluding hydrogens is 426 g/mol. The molecule has 1 aromatic carbocycles. The third-order valence-electron chi connectivity index (χ3n) is 11.3. The zero-order valence-corrected chi connectivity index (χ0v) is 21.1. The number of hydrogen-bond acceptors (Lipinski definition) is 5. The van der Waals surface area contributed by atoms with Crippen molar-refractivity contribution in [3.8, 4) is 11.5 Å². The highest BCUT2D eigenvalue weighted by Crippen LogP contribution is 2.78. The van der Waals surface area contributed by atoms with Gasteiger partial charge in [0.15, 0.2) is 11.5 Å². The molecule has 5 aliphatic carbocycles. The summed E-state index contributed by atoms with van der Waals surface area (Å²) < 4.78 is 48.3. The van der Waals surface area contributed by atoms with Gasteiger partial charge in [0, 0.05) is 47.4 Å². The average Bonchev–Trinajstić information content (AvgIpc) is 3.33. The van der Waals surface area contributed by atoms with E-state index in [1.165, 1.54) is 0 Å². The number of hydrogen-bond donors (Lipinski definition) is 2. The predicted molar refractivity (Wildman–Crippen MR) is 130 cm³/mol. The van der Waals surface area contributed by atoms with Gasteiger partial charge in [0.1, 0.15) is 11.7 Å². The first kappa shape index (κ1) is 18.0. The van der Waals surface area contributed by atoms with Crippen molar-refractivity contribution in [1.82, 2.24) is 4.90 Å². The summed E-state index contributed by atoms with van der Waals surface area (Å²) >= 11 is 0. The maximum absolute atomic E-state index is 12.2. The van der Waals surface area contributed by atoms with Gasteiger partial charge in [0.05, 0.1) is 5.60 Å². The van der Waals surface area contributed by atoms with Gasteiger partial charge in [-0.2, -0.15) is 0 Å². The van der Waals surface area contributed by atoms with Crippen LogP contribution in [0.3, 0.4) is 0 Å². The second-order valence-corrected chi connectivity index (χ2v) is 13.1. The maximum Gasteiger partial charge on any atom is 0.165 e. The number of piperidine rings is 1. The van der Waals surface area contributed by atoms with E-state index in [2.05, 4.69) is 20.8 Å². The largest absolute Gasteiger partial charge is 0.504 e. The number of methoxy groups -OCH3 is 1. The van der Waals surface area contributed by atoms with Crippen molar-refractivity contribution in [2.24, 2.45) is 22.7 Å². The molecule has 4 bridgehead atoms. The summed E-state index contributed by atoms with van der Waals surface area (Å²) in [5, 5.41) is 23.2. The smallest absolute Gasteiger partial charge is 0.165 e. The molecule has 2 heterocycles. The molecule has 0 aromatic heterocycles. The standard InChI is InChI=1S/C29H41NO4/c1-25(2,3)26(4,32)20-15-27-10-11-29(20,33-5)24-28(27)12-13-30(16-17-6-7-17)21(27)14-18-8-9-19(31)23(34-24)22(18)28/h8-9,17,20-21,24,31-32H,6-7,10-16H2,1-5H3/t20-,21-,24-,26+,27-,28+,29-/m1/s1/i6D2,16D2/t17?,20-,21-,24-,26+,27-,28+,29-. The van der Waals surface area contributed by atoms with Gasteiger partial charge in [0.2, 0.25) is 0 Å². The quantitative estimate of drug-likeness (QED) is 0.681. The van der Waals surface area contributed by atoms with E-state index in [0.29, 0.717) is 38.0 Å². The highest BCUT2D eigenvalue weighted by molar-refractivity contribution is 5.63. The molecule has 8 atom stereocenters. The molecule has 2 aliphatic heterocycles. The fourth-order valence-corrected chi connectivity index (χ4v) is 9.14. The molecule has 0 amide bonds. The van der Waals surface area contributed by atoms with Crippen LogP contribution in [0, 0.1) is 22.7 Å². The van der Waals surface area contributed by atoms with Crippen LogP contribution in [-0.4, -0.2) is 58.6 Å². The minimum atomic E-state index is -1.77. The van der Waals surface area contributed by atoms with Gasteiger partial charge in [0.25, 0.3) is 0 Å². The number of ether oxygens (including phenoxy) is 2. The third kappa shape index (κ3) is 2.25. The molecule has 1 saturated heterocycles. The van der Waals surface area contributed by atoms with Crippen LogP contribution in [0.25, 0.3) is 0 Å². The van der Waals surface area contributed by atoms with Crippen LogP contribution in [0.15, 0.2) is 12.1 Å². The van der Waals surface area contributed by atoms with E-state index in [4.69, 9.17) is 12.2 Å². The Morgan fingerprint density at radius 1 is 1.26 bits per heavy atom. The number of benzene rings is 1. The molecule has 4 saturated carbocycles. The van der Waals surface area contributed by atoms with E-state index in [1.54, 1.807) is 13.2 Å². The van der Waals surface area contributed by atoms with E-state index >= 15 is 0 Å². The Bertz CT molecular complexity index is 1230. The molecule has 1 unspecified atom stereocenters. The summed E-state index contributed by atoms with van der Waals surface area (Å²) in [6.07, 6.45) is 1.83. The van der Waals surface area contributed by atoms with Crippen molar-refractivity contribution in [2.75, 3.05) is 20.2 Å². The van der Waals surface area contributed by atoms with Gasteiger partial charge in [-0.3, -0.25) is 4.90 Å². The number of phenols is 1. The molecule has 5 fully saturated rings. The van der Waals surface area contributed by atoms with E-state index < -0.39 is 52.3 Å². The summed E-state index contributed by atoms with van der Waals surface area (Å²) in [4.78, 5) is 1.99. The molecule has 0 radical (unpaired) electrons. The zero-order chi connectivity index (χ0) is 27.5. The van der Waals surface area contributed by atoms with Gasteiger partial charge in [-0.1, -0.05) is 26.8 Å². The fraction of sp³-hybridized carbons (Fsp3) is 0.793. The Kier molecular flexibility index (Phi) is 3.36. The molecular formula is C29H41NO4. The second kappa shape index (κ2) is 6.33. The SMILES string of the molecule is [2H]C1([2H])CC1C([2H])([2H])N1CC[C@]23c4c5ccc(O)c4O[C@H]2[C@@]2(OC)CC[C@@]3(C[C@@H]2[C@](C)(O)C(C)(C)C)[C@H]1C5. The van der Waals surface area contributed by atoms with Crippen LogP contribution in [0.5, 0.6) is 11.5 Å². The second-order valence-electron chi connectivity index (χ2n) is 13.1. The minimum absolute atomic E-state index is 0.134. The highest BCUT2D eigenvalue weighted by Gasteiger charge is 2.82. The van der Waals surface area contributed by atoms with Gasteiger partial charge in [-0.05, 0) is 81.3 Å². The number of aliphatic hydroxyl groups is 1. The summed E-state index contributed by atoms with van der Waals surface area (Å²) in [5.74, 6) is -0.225. The fourth-order valence-electron chi connectivity index (χ4n) is 9.14. The predicted octanol–water partition coefficient (Wildman–Crippen LogP) is 4.41. The Labute approximate surface area is 209 Å². The van der Waals surface area contributed by atoms with Crippen molar-refractivity contribution in [3.63, 3.8) is 0 Å². The topological polar surface area (TPSA) is 62.2 Å². The molecule has 5 heteroatoms. The Morgan fingerprint density at radius 3 is 2.71 bits per heavy atom. The van der Waals surface area contributed by atoms with Crippen molar-refractivity contribution in [3.05, 3.63) is 23.3 Å². The highest BCUT2D eigenvalue weighted by atomic mass is 16.6. The van der Waals surface area contributed by atoms with Crippen LogP contribution in [-0.2, 0) is 16.6 Å². The first-order valence-electron chi connectivity index (χ1n) is 15.1. The normalized spacial score (nSPS) is 49.1. The molecule has 1 aromatic rings. The summed E-state index contributed by atoms with van der Waals surface area (Å²) in [6.45, 7) is 6.82. The summed E-state index contributed by atoms with van der Waals surface area (Å²) in [7, 11) is 1.73. The molecule has 186 valence electrons. The number of rotatable bonds is 4. The van der Waals surface area contributed by atoms with Gasteiger partial charge >= 0.3 is 0 Å². The molecule has 8 rings (SSSR count). The van der Waals surface area contributed by atoms with Crippen LogP contribution in [0.2, 0.25) is 0 Å². The monoisotopic (exact) mass is 471 g/mol. The van der Waals surface area contributed by atoms with Gasteiger partial charge in [-0.15, -0.1) is 0 Å². The minimum Gasteiger partial charge on any atom is -0.504 e. The maximum atomic E-state index is 12.2. The van der Waals surface area contributed by atoms with Crippen LogP contribution in [0.1, 0.15) is 82.8 Å². The van der Waals surface area contributed by atoms with Crippen molar-refractivity contribution >= 4 is 0 Å². The number of nitrogens with zero attached hydrogens (tertiary/aromatic N) is 1. The summed E-state index contributed by atoms with van der Waals surface area (Å²) in [5.41, 5.74) is -0.956. The Morgan fingerprint density at radius 2 is 2.03 bits per heavy atom. The lowest BCUT2D eigenvalue weighted by Gasteiger charge is -2.75. The summed E-state index contributed by atoms with van der Waals surface area (Å²) in [6, 6.07) is 3.50. The number of phenolic OH excluding ortho intramolecular Hbond substituents is 1. The lowest BCUT2D eigenvalue weighted by atomic mass is 9.33. The van der Waals surface area contributed by atoms with Crippen LogP contribution in [0.4, 0.5) is 0 Å². The lowest BCUT2D eigenvalue weighted by molar-refractivity contribution is -0.312. The first-order valence-corrected chi connectivity index (χ1v) is 13.1. The van der Waals surface area contributed by atoms with E-state index in [0.717, 1.165) is 17.5 Å². The third-order valence-corrected chi connectivity index (χ3v) is 11.3. The van der Waals surface area contributed by atoms with E-state index in [9.17, 15) is 13.0 Å². The van der Waals surface area contributed by atoms with Gasteiger partial charge < -0.3 is 19.7 Å². The van der Waals surface area contributed by atoms with Crippen molar-refractivity contribution in [1.29, 1.82) is 0 Å². The molecule has 2 N–H and O–H groups in total. The number of aromatic hydroxyl groups is 1. The zero-order valence-electron chi connectivity index (χ0n) is 25.1. The number of fused-ring (bicyclic) bond motifs is 2. The number of likely N-dealkylation sites (tertiary alicyclic amines) is 1. The molecule has 34 heavy (non-hydrogen) atoms. The lowest BCUT2D eigenvalue weighted by Crippen LogP contribution is -2.83. The Balaban J connectivity index is 1.47. The molecule has 2 spiro atoms. The van der Waals surface area contributed by atoms with Crippen molar-refractivity contribution < 1.29 is 25.2 Å². The molecule has 7 aliphatic rings. The molecule has 5 nitrogen and oxygen atoms in total. The average molecular weight is 472 g/mol. The van der Waals surface area contributed by atoms with Crippen molar-refractivity contribution in [2.45, 2.75) is 101 Å². The Hall–Kier alpha value is -1.30. The van der Waals surface area contributed by atoms with E-state index in [1.807, 2.05) is 17.9 Å². The van der Waals surface area contributed by atoms with Crippen LogP contribution < -0.4 is 4.74 Å². The van der Waals surface area contributed by atoms with Gasteiger partial charge in [-0.25, -0.2) is 0 Å². The van der Waals surface area contributed by atoms with E-state index in [-0.39, 0.29) is 24.1 Å². The first-order chi connectivity index (χ1) is 17.5.